The van der Waals surface area contributed by atoms with Gasteiger partial charge in [0.05, 0.1) is 6.54 Å². The van der Waals surface area contributed by atoms with Crippen LogP contribution in [0.2, 0.25) is 0 Å². The predicted octanol–water partition coefficient (Wildman–Crippen LogP) is 1.94. The number of halogens is 1. The van der Waals surface area contributed by atoms with E-state index in [-0.39, 0.29) is 30.4 Å². The number of hydrogen-bond acceptors (Lipinski definition) is 6. The molecule has 0 saturated carbocycles. The van der Waals surface area contributed by atoms with Gasteiger partial charge in [-0.05, 0) is 37.5 Å². The minimum absolute atomic E-state index is 0.00642. The first-order chi connectivity index (χ1) is 12.9. The zero-order chi connectivity index (χ0) is 20.0. The van der Waals surface area contributed by atoms with Crippen molar-refractivity contribution < 1.29 is 23.8 Å². The summed E-state index contributed by atoms with van der Waals surface area (Å²) in [5, 5.41) is 12.9. The van der Waals surface area contributed by atoms with Crippen molar-refractivity contribution in [3.8, 4) is 0 Å². The van der Waals surface area contributed by atoms with Gasteiger partial charge in [0.25, 0.3) is 5.91 Å². The molecule has 2 N–H and O–H groups in total. The summed E-state index contributed by atoms with van der Waals surface area (Å²) in [5.41, 5.74) is 0.225. The monoisotopic (exact) mass is 377 g/mol. The number of amidine groups is 1. The van der Waals surface area contributed by atoms with Gasteiger partial charge < -0.3 is 24.9 Å². The molecule has 7 nitrogen and oxygen atoms in total. The van der Waals surface area contributed by atoms with Crippen molar-refractivity contribution in [2.75, 3.05) is 20.2 Å². The number of rotatable bonds is 4. The number of likely N-dealkylation sites (N-methyl/N-ethyl adjacent to an activating group) is 1. The van der Waals surface area contributed by atoms with Crippen LogP contribution in [0.4, 0.5) is 4.39 Å². The van der Waals surface area contributed by atoms with Gasteiger partial charge in [-0.15, -0.1) is 0 Å². The molecule has 146 valence electrons. The Kier molecular flexibility index (Phi) is 6.68. The molecule has 0 aliphatic carbocycles. The molecule has 0 spiro atoms. The van der Waals surface area contributed by atoms with Crippen molar-refractivity contribution in [3.63, 3.8) is 0 Å². The minimum atomic E-state index is -0.544. The zero-order valence-corrected chi connectivity index (χ0v) is 15.5. The second-order valence-corrected chi connectivity index (χ2v) is 6.58. The Balaban J connectivity index is 0.00000126. The normalized spacial score (nSPS) is 22.0. The number of carbonyl (C=O) groups is 2. The molecule has 0 aromatic heterocycles. The Hall–Kier alpha value is -2.74. The standard InChI is InChI=1S/C18H22FN3O3.CH2O/c1-18(8-3-9-25-18)17-21-15(14(23)11-22(17)2)16(24)20-10-12-4-6-13(19)7-5-12;1-2/h4-7,23H,3,8-11H2,1-2H3,(H,20,24);1H2. The lowest BCUT2D eigenvalue weighted by atomic mass is 9.99. The summed E-state index contributed by atoms with van der Waals surface area (Å²) in [5.74, 6) is -0.224. The number of carbonyl (C=O) groups excluding carboxylic acids is 2. The smallest absolute Gasteiger partial charge is 0.273 e. The molecular formula is C19H24FN3O4. The molecule has 27 heavy (non-hydrogen) atoms. The molecular weight excluding hydrogens is 353 g/mol. The lowest BCUT2D eigenvalue weighted by Gasteiger charge is -2.35. The molecule has 2 heterocycles. The largest absolute Gasteiger partial charge is 0.508 e. The maximum Gasteiger partial charge on any atom is 0.273 e. The van der Waals surface area contributed by atoms with Gasteiger partial charge in [-0.1, -0.05) is 12.1 Å². The third-order valence-corrected chi connectivity index (χ3v) is 4.51. The Morgan fingerprint density at radius 3 is 2.67 bits per heavy atom. The molecule has 3 rings (SSSR count). The predicted molar refractivity (Wildman–Crippen MR) is 98.7 cm³/mol. The fourth-order valence-electron chi connectivity index (χ4n) is 3.16. The van der Waals surface area contributed by atoms with E-state index in [1.165, 1.54) is 12.1 Å². The molecule has 1 aromatic rings. The summed E-state index contributed by atoms with van der Waals surface area (Å²) in [6.45, 7) is 5.04. The van der Waals surface area contributed by atoms with E-state index >= 15 is 0 Å². The van der Waals surface area contributed by atoms with Gasteiger partial charge in [0.15, 0.2) is 5.70 Å². The third-order valence-electron chi connectivity index (χ3n) is 4.51. The number of aliphatic imine (C=N–C) groups is 1. The van der Waals surface area contributed by atoms with E-state index in [4.69, 9.17) is 9.53 Å². The zero-order valence-electron chi connectivity index (χ0n) is 15.5. The lowest BCUT2D eigenvalue weighted by molar-refractivity contribution is -0.118. The molecule has 1 saturated heterocycles. The van der Waals surface area contributed by atoms with Gasteiger partial charge >= 0.3 is 0 Å². The van der Waals surface area contributed by atoms with Crippen molar-refractivity contribution >= 4 is 18.5 Å². The van der Waals surface area contributed by atoms with Gasteiger partial charge in [-0.3, -0.25) is 4.79 Å². The van der Waals surface area contributed by atoms with E-state index in [0.717, 1.165) is 18.4 Å². The first-order valence-corrected chi connectivity index (χ1v) is 8.57. The van der Waals surface area contributed by atoms with Crippen molar-refractivity contribution in [2.24, 2.45) is 4.99 Å². The second kappa shape index (κ2) is 8.77. The van der Waals surface area contributed by atoms with Gasteiger partial charge in [0.2, 0.25) is 0 Å². The second-order valence-electron chi connectivity index (χ2n) is 6.58. The van der Waals surface area contributed by atoms with Crippen molar-refractivity contribution in [1.29, 1.82) is 0 Å². The van der Waals surface area contributed by atoms with Gasteiger partial charge in [-0.25, -0.2) is 9.38 Å². The van der Waals surface area contributed by atoms with Gasteiger partial charge in [-0.2, -0.15) is 0 Å². The van der Waals surface area contributed by atoms with Crippen LogP contribution < -0.4 is 5.32 Å². The summed E-state index contributed by atoms with van der Waals surface area (Å²) in [7, 11) is 1.81. The summed E-state index contributed by atoms with van der Waals surface area (Å²) >= 11 is 0. The topological polar surface area (TPSA) is 91.2 Å². The summed E-state index contributed by atoms with van der Waals surface area (Å²) in [6.07, 6.45) is 1.76. The van der Waals surface area contributed by atoms with E-state index in [0.29, 0.717) is 12.4 Å². The number of ether oxygens (including phenoxy) is 1. The number of aliphatic hydroxyl groups is 1. The van der Waals surface area contributed by atoms with Crippen LogP contribution in [0.3, 0.4) is 0 Å². The Labute approximate surface area is 157 Å². The molecule has 1 fully saturated rings. The highest BCUT2D eigenvalue weighted by atomic mass is 19.1. The van der Waals surface area contributed by atoms with Gasteiger partial charge in [0, 0.05) is 20.2 Å². The SMILES string of the molecule is C=O.CN1CC(O)=C(C(=O)NCc2ccc(F)cc2)N=C1C1(C)CCCO1. The van der Waals surface area contributed by atoms with E-state index in [1.54, 1.807) is 17.0 Å². The van der Waals surface area contributed by atoms with Crippen LogP contribution >= 0.6 is 0 Å². The first-order valence-electron chi connectivity index (χ1n) is 8.57. The fourth-order valence-corrected chi connectivity index (χ4v) is 3.16. The molecule has 1 unspecified atom stereocenters. The number of hydrogen-bond donors (Lipinski definition) is 2. The van der Waals surface area contributed by atoms with Crippen LogP contribution in [-0.4, -0.2) is 54.3 Å². The molecule has 0 bridgehead atoms. The Bertz CT molecular complexity index is 740. The average molecular weight is 377 g/mol. The number of nitrogens with zero attached hydrogens (tertiary/aromatic N) is 2. The molecule has 2 aliphatic heterocycles. The molecule has 2 aliphatic rings. The molecule has 1 amide bonds. The van der Waals surface area contributed by atoms with Gasteiger partial charge in [0.1, 0.15) is 29.8 Å². The lowest BCUT2D eigenvalue weighted by Crippen LogP contribution is -2.48. The van der Waals surface area contributed by atoms with Crippen LogP contribution in [0.15, 0.2) is 40.7 Å². The molecule has 1 aromatic carbocycles. The van der Waals surface area contributed by atoms with E-state index in [1.807, 2.05) is 20.8 Å². The number of aliphatic hydroxyl groups excluding tert-OH is 1. The van der Waals surface area contributed by atoms with E-state index < -0.39 is 11.5 Å². The van der Waals surface area contributed by atoms with Crippen molar-refractivity contribution in [1.82, 2.24) is 10.2 Å². The summed E-state index contributed by atoms with van der Waals surface area (Å²) in [6, 6.07) is 5.87. The van der Waals surface area contributed by atoms with Crippen LogP contribution in [0.1, 0.15) is 25.3 Å². The Morgan fingerprint density at radius 2 is 2.07 bits per heavy atom. The van der Waals surface area contributed by atoms with Crippen molar-refractivity contribution in [2.45, 2.75) is 31.9 Å². The minimum Gasteiger partial charge on any atom is -0.508 e. The average Bonchev–Trinajstić information content (AvgIpc) is 3.10. The van der Waals surface area contributed by atoms with Crippen LogP contribution in [-0.2, 0) is 20.9 Å². The molecule has 1 atom stereocenters. The molecule has 0 radical (unpaired) electrons. The fraction of sp³-hybridized carbons (Fsp3) is 0.421. The maximum atomic E-state index is 12.9. The number of nitrogens with one attached hydrogen (secondary N) is 1. The maximum absolute atomic E-state index is 12.9. The quantitative estimate of drug-likeness (QED) is 0.837. The van der Waals surface area contributed by atoms with Crippen LogP contribution in [0.5, 0.6) is 0 Å². The third kappa shape index (κ3) is 4.71. The highest BCUT2D eigenvalue weighted by Gasteiger charge is 2.40. The highest BCUT2D eigenvalue weighted by Crippen LogP contribution is 2.30. The Morgan fingerprint density at radius 1 is 1.41 bits per heavy atom. The van der Waals surface area contributed by atoms with E-state index in [2.05, 4.69) is 10.3 Å². The van der Waals surface area contributed by atoms with Crippen LogP contribution in [0.25, 0.3) is 0 Å². The summed E-state index contributed by atoms with van der Waals surface area (Å²) in [4.78, 5) is 26.7. The molecule has 8 heteroatoms. The number of benzene rings is 1. The van der Waals surface area contributed by atoms with Crippen LogP contribution in [0, 0.1) is 5.82 Å². The van der Waals surface area contributed by atoms with E-state index in [9.17, 15) is 14.3 Å². The van der Waals surface area contributed by atoms with Crippen molar-refractivity contribution in [3.05, 3.63) is 47.1 Å². The first kappa shape index (κ1) is 20.6. The summed E-state index contributed by atoms with van der Waals surface area (Å²) < 4.78 is 18.7. The highest BCUT2D eigenvalue weighted by molar-refractivity contribution is 6.00. The number of amides is 1.